The van der Waals surface area contributed by atoms with E-state index in [2.05, 4.69) is 49.4 Å². The molecular formula is C13H11Ac-. The summed E-state index contributed by atoms with van der Waals surface area (Å²) in [5.41, 5.74) is 3.81. The van der Waals surface area contributed by atoms with Crippen molar-refractivity contribution in [1.82, 2.24) is 0 Å². The van der Waals surface area contributed by atoms with Gasteiger partial charge in [-0.15, -0.1) is 5.56 Å². The van der Waals surface area contributed by atoms with Gasteiger partial charge in [0.05, 0.1) is 0 Å². The van der Waals surface area contributed by atoms with Crippen LogP contribution in [0.25, 0.3) is 11.1 Å². The summed E-state index contributed by atoms with van der Waals surface area (Å²) in [6, 6.07) is 19.6. The summed E-state index contributed by atoms with van der Waals surface area (Å²) in [5, 5.41) is 0. The third-order valence-corrected chi connectivity index (χ3v) is 2.10. The maximum absolute atomic E-state index is 3.01. The van der Waals surface area contributed by atoms with Crippen LogP contribution in [0.2, 0.25) is 0 Å². The molecule has 2 aromatic carbocycles. The average molecular weight is 394 g/mol. The van der Waals surface area contributed by atoms with Crippen molar-refractivity contribution in [1.29, 1.82) is 0 Å². The molecule has 14 heavy (non-hydrogen) atoms. The molecule has 0 N–H and O–H groups in total. The van der Waals surface area contributed by atoms with E-state index in [-0.39, 0.29) is 44.1 Å². The molecule has 0 spiro atoms. The van der Waals surface area contributed by atoms with Gasteiger partial charge < -0.3 is 0 Å². The van der Waals surface area contributed by atoms with Gasteiger partial charge in [0.15, 0.2) is 0 Å². The quantitative estimate of drug-likeness (QED) is 0.650. The molecule has 0 atom stereocenters. The van der Waals surface area contributed by atoms with Crippen LogP contribution in [-0.2, 0) is 0 Å². The van der Waals surface area contributed by atoms with Crippen molar-refractivity contribution in [2.75, 3.05) is 0 Å². The van der Waals surface area contributed by atoms with Crippen LogP contribution in [0.4, 0.5) is 0 Å². The molecule has 0 heterocycles. The van der Waals surface area contributed by atoms with Gasteiger partial charge >= 0.3 is 0 Å². The van der Waals surface area contributed by atoms with Crippen molar-refractivity contribution in [3.8, 4) is 11.1 Å². The number of rotatable bonds is 1. The van der Waals surface area contributed by atoms with E-state index < -0.39 is 0 Å². The molecule has 0 unspecified atom stereocenters. The Kier molecular flexibility index (Phi) is 4.86. The topological polar surface area (TPSA) is 0 Å². The van der Waals surface area contributed by atoms with Crippen LogP contribution in [0.15, 0.2) is 48.5 Å². The van der Waals surface area contributed by atoms with Crippen molar-refractivity contribution in [3.05, 3.63) is 60.2 Å². The zero-order valence-corrected chi connectivity index (χ0v) is 12.9. The van der Waals surface area contributed by atoms with E-state index in [1.807, 2.05) is 12.1 Å². The first-order valence-corrected chi connectivity index (χ1v) is 4.39. The third-order valence-electron chi connectivity index (χ3n) is 2.10. The van der Waals surface area contributed by atoms with Gasteiger partial charge in [-0.3, -0.25) is 0 Å². The van der Waals surface area contributed by atoms with Crippen LogP contribution in [0, 0.1) is 57.1 Å². The summed E-state index contributed by atoms with van der Waals surface area (Å²) in [7, 11) is 0. The second kappa shape index (κ2) is 5.69. The molecule has 0 amide bonds. The Morgan fingerprint density at radius 3 is 1.86 bits per heavy atom. The van der Waals surface area contributed by atoms with E-state index in [1.54, 1.807) is 0 Å². The number of hydrogen-bond donors (Lipinski definition) is 0. The summed E-state index contributed by atoms with van der Waals surface area (Å²) >= 11 is 0. The van der Waals surface area contributed by atoms with Crippen molar-refractivity contribution < 1.29 is 44.1 Å². The van der Waals surface area contributed by atoms with Gasteiger partial charge in [0, 0.05) is 44.1 Å². The predicted molar refractivity (Wildman–Crippen MR) is 55.5 cm³/mol. The number of aryl methyl sites for hydroxylation is 1. The molecule has 0 aliphatic rings. The Balaban J connectivity index is 0.000000980. The van der Waals surface area contributed by atoms with E-state index in [0.29, 0.717) is 0 Å². The summed E-state index contributed by atoms with van der Waals surface area (Å²) in [5.74, 6) is 0. The van der Waals surface area contributed by atoms with Crippen molar-refractivity contribution in [2.45, 2.75) is 6.92 Å². The molecule has 2 aromatic rings. The molecule has 2 rings (SSSR count). The Morgan fingerprint density at radius 1 is 0.786 bits per heavy atom. The molecule has 1 heteroatoms. The summed E-state index contributed by atoms with van der Waals surface area (Å²) in [6.07, 6.45) is 0. The van der Waals surface area contributed by atoms with Gasteiger partial charge in [-0.1, -0.05) is 29.8 Å². The van der Waals surface area contributed by atoms with E-state index in [4.69, 9.17) is 0 Å². The zero-order valence-electron chi connectivity index (χ0n) is 8.20. The third kappa shape index (κ3) is 2.94. The molecule has 67 valence electrons. The molecule has 0 bridgehead atoms. The fourth-order valence-corrected chi connectivity index (χ4v) is 1.33. The van der Waals surface area contributed by atoms with Crippen LogP contribution in [0.1, 0.15) is 5.56 Å². The molecule has 0 aromatic heterocycles. The van der Waals surface area contributed by atoms with E-state index >= 15 is 0 Å². The summed E-state index contributed by atoms with van der Waals surface area (Å²) in [4.78, 5) is 0. The minimum Gasteiger partial charge on any atom is -0.184 e. The van der Waals surface area contributed by atoms with Crippen LogP contribution in [0.3, 0.4) is 0 Å². The number of hydrogen-bond acceptors (Lipinski definition) is 0. The minimum atomic E-state index is 0. The first-order valence-electron chi connectivity index (χ1n) is 4.39. The zero-order chi connectivity index (χ0) is 9.10. The maximum Gasteiger partial charge on any atom is 0 e. The van der Waals surface area contributed by atoms with Crippen LogP contribution < -0.4 is 0 Å². The van der Waals surface area contributed by atoms with Gasteiger partial charge in [0.2, 0.25) is 0 Å². The molecule has 0 aliphatic carbocycles. The normalized spacial score (nSPS) is 9.21. The molecule has 0 nitrogen and oxygen atoms in total. The van der Waals surface area contributed by atoms with Crippen LogP contribution in [0.5, 0.6) is 0 Å². The Hall–Kier alpha value is -0.118. The molecule has 0 saturated carbocycles. The predicted octanol–water partition coefficient (Wildman–Crippen LogP) is 3.46. The van der Waals surface area contributed by atoms with Gasteiger partial charge in [-0.2, -0.15) is 30.3 Å². The van der Waals surface area contributed by atoms with Gasteiger partial charge in [0.25, 0.3) is 0 Å². The van der Waals surface area contributed by atoms with Gasteiger partial charge in [-0.05, 0) is 12.5 Å². The second-order valence-electron chi connectivity index (χ2n) is 3.15. The molecule has 0 aliphatic heterocycles. The van der Waals surface area contributed by atoms with E-state index in [9.17, 15) is 0 Å². The largest absolute Gasteiger partial charge is 0.184 e. The Labute approximate surface area is 121 Å². The first-order chi connectivity index (χ1) is 6.36. The maximum atomic E-state index is 3.01. The van der Waals surface area contributed by atoms with Crippen LogP contribution in [-0.4, -0.2) is 0 Å². The first kappa shape index (κ1) is 12.0. The Bertz CT molecular complexity index is 376. The smallest absolute Gasteiger partial charge is 0 e. The van der Waals surface area contributed by atoms with Crippen LogP contribution >= 0.6 is 0 Å². The minimum absolute atomic E-state index is 0. The Morgan fingerprint density at radius 2 is 1.29 bits per heavy atom. The fraction of sp³-hybridized carbons (Fsp3) is 0.0769. The van der Waals surface area contributed by atoms with Gasteiger partial charge in [-0.25, -0.2) is 0 Å². The summed E-state index contributed by atoms with van der Waals surface area (Å²) < 4.78 is 0. The molecular weight excluding hydrogens is 383 g/mol. The van der Waals surface area contributed by atoms with Crippen molar-refractivity contribution >= 4 is 0 Å². The monoisotopic (exact) mass is 394 g/mol. The molecule has 1 radical (unpaired) electrons. The number of benzene rings is 2. The summed E-state index contributed by atoms with van der Waals surface area (Å²) in [6.45, 7) is 2.10. The fourth-order valence-electron chi connectivity index (χ4n) is 1.33. The van der Waals surface area contributed by atoms with Gasteiger partial charge in [0.1, 0.15) is 0 Å². The molecule has 0 saturated heterocycles. The van der Waals surface area contributed by atoms with Crippen molar-refractivity contribution in [3.63, 3.8) is 0 Å². The van der Waals surface area contributed by atoms with Crippen molar-refractivity contribution in [2.24, 2.45) is 0 Å². The SMILES string of the molecule is Cc1ccc(-c2cc[c-]cc2)cc1.[Ac]. The van der Waals surface area contributed by atoms with E-state index in [1.165, 1.54) is 16.7 Å². The molecule has 0 fully saturated rings. The van der Waals surface area contributed by atoms with E-state index in [0.717, 1.165) is 0 Å². The standard InChI is InChI=1S/C13H11.Ac/c1-11-7-9-13(10-8-11)12-5-3-2-4-6-12;/h3-10H,1H3;/q-1;. The average Bonchev–Trinajstić information content (AvgIpc) is 2.20. The second-order valence-corrected chi connectivity index (χ2v) is 3.15.